The van der Waals surface area contributed by atoms with E-state index in [2.05, 4.69) is 126 Å². The van der Waals surface area contributed by atoms with Gasteiger partial charge in [0.1, 0.15) is 5.82 Å². The molecule has 0 bridgehead atoms. The van der Waals surface area contributed by atoms with Gasteiger partial charge in [0.15, 0.2) is 7.14 Å². The molecule has 0 spiro atoms. The van der Waals surface area contributed by atoms with Gasteiger partial charge in [0, 0.05) is 15.9 Å². The van der Waals surface area contributed by atoms with Crippen LogP contribution in [0.5, 0.6) is 0 Å². The van der Waals surface area contributed by atoms with Crippen molar-refractivity contribution >= 4 is 55.6 Å². The van der Waals surface area contributed by atoms with Gasteiger partial charge in [-0.2, -0.15) is 0 Å². The van der Waals surface area contributed by atoms with Crippen molar-refractivity contribution in [2.45, 2.75) is 6.92 Å². The lowest BCUT2D eigenvalue weighted by Crippen LogP contribution is -2.33. The normalized spacial score (nSPS) is 15.1. The molecular formula is C46H31N2OP. The second kappa shape index (κ2) is 11.0. The summed E-state index contributed by atoms with van der Waals surface area (Å²) in [6.07, 6.45) is 0. The van der Waals surface area contributed by atoms with E-state index in [9.17, 15) is 0 Å². The van der Waals surface area contributed by atoms with Crippen LogP contribution in [0, 0.1) is 6.92 Å². The number of hydrogen-bond acceptors (Lipinski definition) is 2. The predicted octanol–water partition coefficient (Wildman–Crippen LogP) is 10.6. The highest BCUT2D eigenvalue weighted by atomic mass is 31.2. The Hall–Kier alpha value is -6.02. The first-order valence-corrected chi connectivity index (χ1v) is 18.7. The Morgan fingerprint density at radius 2 is 1.00 bits per heavy atom. The molecule has 10 rings (SSSR count). The molecule has 236 valence electrons. The molecule has 0 saturated carbocycles. The highest BCUT2D eigenvalue weighted by molar-refractivity contribution is 7.86. The Morgan fingerprint density at radius 1 is 0.460 bits per heavy atom. The predicted molar refractivity (Wildman–Crippen MR) is 210 cm³/mol. The zero-order valence-corrected chi connectivity index (χ0v) is 28.3. The lowest BCUT2D eigenvalue weighted by Gasteiger charge is -2.29. The van der Waals surface area contributed by atoms with Gasteiger partial charge in [0.2, 0.25) is 0 Å². The van der Waals surface area contributed by atoms with Gasteiger partial charge in [-0.1, -0.05) is 115 Å². The number of benzene rings is 8. The number of fused-ring (bicyclic) bond motifs is 4. The number of aromatic nitrogens is 2. The summed E-state index contributed by atoms with van der Waals surface area (Å²) in [5.74, 6) is 0.887. The summed E-state index contributed by atoms with van der Waals surface area (Å²) in [6.45, 7) is 2.03. The van der Waals surface area contributed by atoms with Crippen LogP contribution in [0.3, 0.4) is 0 Å². The van der Waals surface area contributed by atoms with E-state index in [4.69, 9.17) is 4.98 Å². The molecule has 0 aliphatic carbocycles. The van der Waals surface area contributed by atoms with Crippen molar-refractivity contribution in [3.05, 3.63) is 176 Å². The highest BCUT2D eigenvalue weighted by Crippen LogP contribution is 2.50. The fraction of sp³-hybridized carbons (Fsp3) is 0.0217. The molecule has 50 heavy (non-hydrogen) atoms. The Morgan fingerprint density at radius 3 is 1.62 bits per heavy atom. The first kappa shape index (κ1) is 28.9. The van der Waals surface area contributed by atoms with E-state index >= 15 is 4.57 Å². The lowest BCUT2D eigenvalue weighted by atomic mass is 9.92. The summed E-state index contributed by atoms with van der Waals surface area (Å²) in [4.78, 5) is 4.90. The fourth-order valence-electron chi connectivity index (χ4n) is 7.83. The van der Waals surface area contributed by atoms with Crippen LogP contribution in [0.1, 0.15) is 5.82 Å². The Balaban J connectivity index is 1.22. The van der Waals surface area contributed by atoms with Gasteiger partial charge in [-0.25, -0.2) is 4.98 Å². The van der Waals surface area contributed by atoms with Crippen molar-refractivity contribution in [2.24, 2.45) is 0 Å². The molecular weight excluding hydrogens is 627 g/mol. The third-order valence-electron chi connectivity index (χ3n) is 10.3. The Labute approximate surface area is 290 Å². The minimum Gasteiger partial charge on any atom is -0.308 e. The summed E-state index contributed by atoms with van der Waals surface area (Å²) in [5, 5.41) is 7.37. The number of imidazole rings is 1. The standard InChI is InChI=1S/C46H31N2OP/c1-30-47-42-16-9-17-44-46(42)48(30)43-23-22-37(29-45(43)50(44,49)41-14-3-2-4-15-41)40-27-38(35-20-18-31-10-5-7-12-33(31)24-35)26-39(28-40)36-21-19-32-11-6-8-13-34(32)25-36/h2-29H,1H3. The summed E-state index contributed by atoms with van der Waals surface area (Å²) < 4.78 is 18.0. The topological polar surface area (TPSA) is 34.9 Å². The van der Waals surface area contributed by atoms with Crippen LogP contribution in [0.15, 0.2) is 170 Å². The number of rotatable bonds is 4. The van der Waals surface area contributed by atoms with E-state index in [-0.39, 0.29) is 0 Å². The van der Waals surface area contributed by atoms with Crippen molar-refractivity contribution in [3.63, 3.8) is 0 Å². The van der Waals surface area contributed by atoms with Crippen LogP contribution >= 0.6 is 7.14 Å². The molecule has 4 heteroatoms. The van der Waals surface area contributed by atoms with Crippen LogP contribution in [0.25, 0.3) is 71.6 Å². The van der Waals surface area contributed by atoms with Crippen molar-refractivity contribution in [1.29, 1.82) is 0 Å². The summed E-state index contributed by atoms with van der Waals surface area (Å²) in [5.41, 5.74) is 9.43. The summed E-state index contributed by atoms with van der Waals surface area (Å²) in [6, 6.07) is 59.7. The smallest absolute Gasteiger partial charge is 0.175 e. The van der Waals surface area contributed by atoms with Crippen molar-refractivity contribution < 1.29 is 4.57 Å². The molecule has 0 N–H and O–H groups in total. The molecule has 2 heterocycles. The zero-order chi connectivity index (χ0) is 33.4. The van der Waals surface area contributed by atoms with Crippen LogP contribution in [0.2, 0.25) is 0 Å². The second-order valence-electron chi connectivity index (χ2n) is 13.2. The van der Waals surface area contributed by atoms with Crippen LogP contribution < -0.4 is 15.9 Å². The third-order valence-corrected chi connectivity index (χ3v) is 13.4. The molecule has 0 amide bonds. The van der Waals surface area contributed by atoms with Gasteiger partial charge in [0.25, 0.3) is 0 Å². The van der Waals surface area contributed by atoms with E-state index in [0.29, 0.717) is 0 Å². The molecule has 0 fully saturated rings. The minimum absolute atomic E-state index is 0.831. The van der Waals surface area contributed by atoms with Gasteiger partial charge in [-0.05, 0) is 116 Å². The maximum atomic E-state index is 15.8. The van der Waals surface area contributed by atoms with E-state index in [1.807, 2.05) is 55.5 Å². The summed E-state index contributed by atoms with van der Waals surface area (Å²) in [7, 11) is -3.25. The van der Waals surface area contributed by atoms with Crippen LogP contribution in [-0.2, 0) is 4.57 Å². The van der Waals surface area contributed by atoms with E-state index in [0.717, 1.165) is 71.8 Å². The Kier molecular flexibility index (Phi) is 6.37. The lowest BCUT2D eigenvalue weighted by molar-refractivity contribution is 0.592. The van der Waals surface area contributed by atoms with Gasteiger partial charge in [-0.3, -0.25) is 4.57 Å². The molecule has 0 radical (unpaired) electrons. The molecule has 1 atom stereocenters. The molecule has 1 aromatic heterocycles. The molecule has 0 saturated heterocycles. The minimum atomic E-state index is -3.25. The fourth-order valence-corrected chi connectivity index (χ4v) is 10.9. The van der Waals surface area contributed by atoms with E-state index in [1.165, 1.54) is 21.5 Å². The third kappa shape index (κ3) is 4.37. The number of hydrogen-bond donors (Lipinski definition) is 0. The zero-order valence-electron chi connectivity index (χ0n) is 27.4. The second-order valence-corrected chi connectivity index (χ2v) is 15.9. The summed E-state index contributed by atoms with van der Waals surface area (Å²) >= 11 is 0. The largest absolute Gasteiger partial charge is 0.308 e. The maximum absolute atomic E-state index is 15.8. The Bertz CT molecular complexity index is 2770. The number of aryl methyl sites for hydroxylation is 1. The number of nitrogens with zero attached hydrogens (tertiary/aromatic N) is 2. The first-order valence-electron chi connectivity index (χ1n) is 17.0. The first-order chi connectivity index (χ1) is 24.5. The molecule has 1 aliphatic heterocycles. The van der Waals surface area contributed by atoms with Crippen molar-refractivity contribution in [2.75, 3.05) is 0 Å². The van der Waals surface area contributed by atoms with Gasteiger partial charge in [0.05, 0.1) is 16.7 Å². The SMILES string of the molecule is Cc1nc2cccc3c2n1-c1ccc(-c2cc(-c4ccc5ccccc5c4)cc(-c4ccc5ccccc5c4)c2)cc1P3(=O)c1ccccc1. The molecule has 1 aliphatic rings. The highest BCUT2D eigenvalue weighted by Gasteiger charge is 2.39. The molecule has 8 aromatic carbocycles. The van der Waals surface area contributed by atoms with Crippen LogP contribution in [0.4, 0.5) is 0 Å². The average molecular weight is 659 g/mol. The number of para-hydroxylation sites is 1. The molecule has 1 unspecified atom stereocenters. The maximum Gasteiger partial charge on any atom is 0.175 e. The van der Waals surface area contributed by atoms with E-state index < -0.39 is 7.14 Å². The van der Waals surface area contributed by atoms with Gasteiger partial charge < -0.3 is 4.57 Å². The molecule has 3 nitrogen and oxygen atoms in total. The average Bonchev–Trinajstić information content (AvgIpc) is 3.52. The van der Waals surface area contributed by atoms with E-state index in [1.54, 1.807) is 0 Å². The van der Waals surface area contributed by atoms with Crippen molar-refractivity contribution in [3.8, 4) is 39.1 Å². The molecule has 9 aromatic rings. The quantitative estimate of drug-likeness (QED) is 0.176. The van der Waals surface area contributed by atoms with Crippen molar-refractivity contribution in [1.82, 2.24) is 9.55 Å². The van der Waals surface area contributed by atoms with Gasteiger partial charge in [-0.15, -0.1) is 0 Å². The monoisotopic (exact) mass is 658 g/mol. The van der Waals surface area contributed by atoms with Gasteiger partial charge >= 0.3 is 0 Å². The van der Waals surface area contributed by atoms with Crippen LogP contribution in [-0.4, -0.2) is 9.55 Å².